The molecule has 0 radical (unpaired) electrons. The van der Waals surface area contributed by atoms with Crippen molar-refractivity contribution in [1.82, 2.24) is 0 Å². The van der Waals surface area contributed by atoms with Crippen LogP contribution in [-0.4, -0.2) is 11.1 Å². The highest BCUT2D eigenvalue weighted by molar-refractivity contribution is 9.09. The lowest BCUT2D eigenvalue weighted by Gasteiger charge is -2.11. The summed E-state index contributed by atoms with van der Waals surface area (Å²) in [5.74, 6) is -0.248. The number of Topliss-reactive ketones (excluding diaryl/α,β-unsaturated/α-hetero) is 1. The molecule has 0 saturated heterocycles. The third-order valence-corrected chi connectivity index (χ3v) is 3.16. The van der Waals surface area contributed by atoms with Gasteiger partial charge in [0.2, 0.25) is 0 Å². The van der Waals surface area contributed by atoms with Crippen LogP contribution in [0, 0.1) is 0 Å². The fraction of sp³-hybridized carbons (Fsp3) is 0.364. The van der Waals surface area contributed by atoms with Gasteiger partial charge in [0.05, 0.1) is 0 Å². The van der Waals surface area contributed by atoms with Gasteiger partial charge in [0.1, 0.15) is 0 Å². The second kappa shape index (κ2) is 6.45. The van der Waals surface area contributed by atoms with Gasteiger partial charge < -0.3 is 0 Å². The Bertz CT molecular complexity index is 380. The van der Waals surface area contributed by atoms with Crippen molar-refractivity contribution in [2.75, 3.05) is 5.33 Å². The maximum atomic E-state index is 12.8. The van der Waals surface area contributed by atoms with E-state index in [9.17, 15) is 13.6 Å². The number of carbonyl (C=O) groups is 1. The number of rotatable bonds is 5. The lowest BCUT2D eigenvalue weighted by Crippen LogP contribution is -2.08. The average Bonchev–Trinajstić information content (AvgIpc) is 2.28. The van der Waals surface area contributed by atoms with Crippen LogP contribution in [0.5, 0.6) is 0 Å². The molecule has 0 saturated carbocycles. The molecule has 0 amide bonds. The van der Waals surface area contributed by atoms with Crippen molar-refractivity contribution in [3.05, 3.63) is 34.9 Å². The summed E-state index contributed by atoms with van der Waals surface area (Å²) in [5, 5.41) is 0.877. The van der Waals surface area contributed by atoms with Crippen molar-refractivity contribution in [2.24, 2.45) is 0 Å². The molecule has 1 nitrogen and oxygen atoms in total. The van der Waals surface area contributed by atoms with E-state index in [4.69, 9.17) is 0 Å². The molecule has 0 heterocycles. The largest absolute Gasteiger partial charge is 0.294 e. The highest BCUT2D eigenvalue weighted by Crippen LogP contribution is 2.27. The van der Waals surface area contributed by atoms with E-state index in [2.05, 4.69) is 31.9 Å². The van der Waals surface area contributed by atoms with E-state index in [1.54, 1.807) is 12.1 Å². The first-order valence-electron chi connectivity index (χ1n) is 4.66. The first kappa shape index (κ1) is 13.8. The van der Waals surface area contributed by atoms with E-state index in [1.807, 2.05) is 0 Å². The fourth-order valence-corrected chi connectivity index (χ4v) is 2.29. The molecule has 0 N–H and O–H groups in total. The fourth-order valence-electron chi connectivity index (χ4n) is 1.46. The summed E-state index contributed by atoms with van der Waals surface area (Å²) in [6, 6.07) is 4.53. The van der Waals surface area contributed by atoms with Crippen molar-refractivity contribution in [1.29, 1.82) is 0 Å². The number of carbonyl (C=O) groups excluding carboxylic acids is 1. The summed E-state index contributed by atoms with van der Waals surface area (Å²) < 4.78 is 25.5. The van der Waals surface area contributed by atoms with Gasteiger partial charge in [-0.3, -0.25) is 4.79 Å². The Hall–Kier alpha value is -0.290. The van der Waals surface area contributed by atoms with Crippen molar-refractivity contribution in [3.63, 3.8) is 0 Å². The topological polar surface area (TPSA) is 17.1 Å². The molecule has 0 spiro atoms. The minimum absolute atomic E-state index is 0.161. The summed E-state index contributed by atoms with van der Waals surface area (Å²) in [4.78, 5) is 11.8. The summed E-state index contributed by atoms with van der Waals surface area (Å²) in [7, 11) is 0. The molecular formula is C11H10Br2F2O. The summed E-state index contributed by atoms with van der Waals surface area (Å²) in [5.41, 5.74) is 0.598. The predicted molar refractivity (Wildman–Crippen MR) is 66.8 cm³/mol. The quantitative estimate of drug-likeness (QED) is 0.562. The Labute approximate surface area is 109 Å². The van der Waals surface area contributed by atoms with Crippen molar-refractivity contribution in [2.45, 2.75) is 18.2 Å². The van der Waals surface area contributed by atoms with Crippen LogP contribution in [0.4, 0.5) is 8.78 Å². The Kier molecular flexibility index (Phi) is 5.55. The van der Waals surface area contributed by atoms with Crippen LogP contribution < -0.4 is 0 Å². The van der Waals surface area contributed by atoms with Gasteiger partial charge in [0.25, 0.3) is 6.43 Å². The molecule has 1 rings (SSSR count). The number of ketones is 1. The van der Waals surface area contributed by atoms with E-state index >= 15 is 0 Å². The summed E-state index contributed by atoms with van der Waals surface area (Å²) in [6.07, 6.45) is -2.39. The number of hydrogen-bond donors (Lipinski definition) is 0. The summed E-state index contributed by atoms with van der Waals surface area (Å²) in [6.45, 7) is 0. The van der Waals surface area contributed by atoms with Gasteiger partial charge in [-0.1, -0.05) is 50.1 Å². The van der Waals surface area contributed by atoms with Crippen molar-refractivity contribution < 1.29 is 13.6 Å². The van der Waals surface area contributed by atoms with Crippen molar-refractivity contribution >= 4 is 37.6 Å². The molecule has 0 bridgehead atoms. The van der Waals surface area contributed by atoms with E-state index in [0.717, 1.165) is 0 Å². The van der Waals surface area contributed by atoms with E-state index in [-0.39, 0.29) is 23.3 Å². The number of alkyl halides is 4. The standard InChI is InChI=1S/C11H10Br2F2O/c12-5-4-9(16)10-7(6-13)2-1-3-8(10)11(14)15/h1-3,11H,4-6H2. The lowest BCUT2D eigenvalue weighted by molar-refractivity contribution is 0.0975. The Balaban J connectivity index is 3.24. The van der Waals surface area contributed by atoms with Crippen LogP contribution in [0.3, 0.4) is 0 Å². The predicted octanol–water partition coefficient (Wildman–Crippen LogP) is 4.49. The van der Waals surface area contributed by atoms with Gasteiger partial charge in [0, 0.05) is 28.2 Å². The molecule has 0 aliphatic carbocycles. The van der Waals surface area contributed by atoms with Crippen LogP contribution >= 0.6 is 31.9 Å². The van der Waals surface area contributed by atoms with Gasteiger partial charge in [-0.05, 0) is 5.56 Å². The second-order valence-corrected chi connectivity index (χ2v) is 4.53. The van der Waals surface area contributed by atoms with Crippen molar-refractivity contribution in [3.8, 4) is 0 Å². The molecule has 0 aliphatic rings. The minimum Gasteiger partial charge on any atom is -0.294 e. The molecule has 16 heavy (non-hydrogen) atoms. The first-order valence-corrected chi connectivity index (χ1v) is 6.91. The van der Waals surface area contributed by atoms with Crippen LogP contribution in [0.15, 0.2) is 18.2 Å². The Morgan fingerprint density at radius 1 is 1.31 bits per heavy atom. The minimum atomic E-state index is -2.62. The van der Waals surface area contributed by atoms with Crippen LogP contribution in [0.1, 0.15) is 34.3 Å². The smallest absolute Gasteiger partial charge is 0.264 e. The molecule has 0 fully saturated rings. The first-order chi connectivity index (χ1) is 7.61. The zero-order valence-corrected chi connectivity index (χ0v) is 11.5. The van der Waals surface area contributed by atoms with E-state index in [0.29, 0.717) is 16.2 Å². The normalized spacial score (nSPS) is 10.8. The third-order valence-electron chi connectivity index (χ3n) is 2.16. The highest BCUT2D eigenvalue weighted by Gasteiger charge is 2.20. The van der Waals surface area contributed by atoms with Crippen LogP contribution in [-0.2, 0) is 5.33 Å². The molecule has 0 unspecified atom stereocenters. The van der Waals surface area contributed by atoms with E-state index in [1.165, 1.54) is 6.07 Å². The number of halogens is 4. The molecule has 1 aromatic rings. The monoisotopic (exact) mass is 354 g/mol. The third kappa shape index (κ3) is 3.10. The second-order valence-electron chi connectivity index (χ2n) is 3.18. The maximum Gasteiger partial charge on any atom is 0.264 e. The molecule has 88 valence electrons. The van der Waals surface area contributed by atoms with E-state index < -0.39 is 6.43 Å². The SMILES string of the molecule is O=C(CCBr)c1c(CBr)cccc1C(F)F. The summed E-state index contributed by atoms with van der Waals surface area (Å²) >= 11 is 6.34. The zero-order valence-electron chi connectivity index (χ0n) is 8.35. The zero-order chi connectivity index (χ0) is 12.1. The lowest BCUT2D eigenvalue weighted by atomic mass is 9.97. The molecule has 5 heteroatoms. The maximum absolute atomic E-state index is 12.8. The van der Waals surface area contributed by atoms with Crippen LogP contribution in [0.2, 0.25) is 0 Å². The van der Waals surface area contributed by atoms with Gasteiger partial charge in [-0.25, -0.2) is 8.78 Å². The number of benzene rings is 1. The molecular weight excluding hydrogens is 346 g/mol. The highest BCUT2D eigenvalue weighted by atomic mass is 79.9. The molecule has 0 aromatic heterocycles. The Morgan fingerprint density at radius 2 is 2.00 bits per heavy atom. The van der Waals surface area contributed by atoms with Gasteiger partial charge in [-0.2, -0.15) is 0 Å². The number of hydrogen-bond acceptors (Lipinski definition) is 1. The molecule has 0 atom stereocenters. The molecule has 1 aromatic carbocycles. The van der Waals surface area contributed by atoms with Gasteiger partial charge >= 0.3 is 0 Å². The Morgan fingerprint density at radius 3 is 2.50 bits per heavy atom. The van der Waals surface area contributed by atoms with Gasteiger partial charge in [0.15, 0.2) is 5.78 Å². The van der Waals surface area contributed by atoms with Gasteiger partial charge in [-0.15, -0.1) is 0 Å². The average molecular weight is 356 g/mol. The molecule has 0 aliphatic heterocycles. The van der Waals surface area contributed by atoms with Crippen LogP contribution in [0.25, 0.3) is 0 Å².